The molecule has 124 valence electrons. The number of hydrogen-bond donors (Lipinski definition) is 1. The average Bonchev–Trinajstić information content (AvgIpc) is 3.23. The molecule has 1 N–H and O–H groups in total. The minimum atomic E-state index is 0.0119. The zero-order valence-corrected chi connectivity index (χ0v) is 14.8. The normalized spacial score (nSPS) is 10.7. The molecule has 0 unspecified atom stereocenters. The molecule has 0 radical (unpaired) electrons. The summed E-state index contributed by atoms with van der Waals surface area (Å²) in [5.41, 5.74) is 1.79. The number of rotatable bonds is 7. The Kier molecular flexibility index (Phi) is 5.66. The van der Waals surface area contributed by atoms with Crippen LogP contribution in [-0.4, -0.2) is 21.6 Å². The molecule has 1 amide bonds. The topological polar surface area (TPSA) is 68.0 Å². The molecule has 7 heteroatoms. The third-order valence-corrected chi connectivity index (χ3v) is 5.06. The highest BCUT2D eigenvalue weighted by atomic mass is 32.2. The maximum absolute atomic E-state index is 11.8. The lowest BCUT2D eigenvalue weighted by atomic mass is 10.2. The molecule has 5 nitrogen and oxygen atoms in total. The van der Waals surface area contributed by atoms with Gasteiger partial charge >= 0.3 is 0 Å². The summed E-state index contributed by atoms with van der Waals surface area (Å²) in [7, 11) is 0. The summed E-state index contributed by atoms with van der Waals surface area (Å²) in [5.74, 6) is 1.66. The predicted molar refractivity (Wildman–Crippen MR) is 96.8 cm³/mol. The van der Waals surface area contributed by atoms with E-state index >= 15 is 0 Å². The Morgan fingerprint density at radius 1 is 1.33 bits per heavy atom. The summed E-state index contributed by atoms with van der Waals surface area (Å²) in [6.45, 7) is 2.49. The van der Waals surface area contributed by atoms with Crippen molar-refractivity contribution >= 4 is 29.0 Å². The van der Waals surface area contributed by atoms with Crippen molar-refractivity contribution < 1.29 is 9.21 Å². The van der Waals surface area contributed by atoms with E-state index in [9.17, 15) is 4.79 Å². The fourth-order valence-electron chi connectivity index (χ4n) is 2.06. The van der Waals surface area contributed by atoms with E-state index < -0.39 is 0 Å². The molecular formula is C17H17N3O2S2. The van der Waals surface area contributed by atoms with Crippen molar-refractivity contribution in [2.45, 2.75) is 19.2 Å². The Bertz CT molecular complexity index is 799. The molecule has 0 fully saturated rings. The Labute approximate surface area is 148 Å². The SMILES string of the molecule is Cc1ncc(CNC(=O)CSCc2coc(-c3ccccc3)n2)s1. The smallest absolute Gasteiger partial charge is 0.230 e. The first-order chi connectivity index (χ1) is 11.7. The standard InChI is InChI=1S/C17H17N3O2S2/c1-12-18-7-15(24-12)8-19-16(21)11-23-10-14-9-22-17(20-14)13-5-3-2-4-6-13/h2-7,9H,8,10-11H2,1H3,(H,19,21). The van der Waals surface area contributed by atoms with E-state index in [0.29, 0.717) is 23.9 Å². The number of aromatic nitrogens is 2. The summed E-state index contributed by atoms with van der Waals surface area (Å²) in [4.78, 5) is 21.5. The minimum absolute atomic E-state index is 0.0119. The number of carbonyl (C=O) groups excluding carboxylic acids is 1. The van der Waals surface area contributed by atoms with E-state index in [-0.39, 0.29) is 5.91 Å². The Balaban J connectivity index is 1.41. The number of nitrogens with zero attached hydrogens (tertiary/aromatic N) is 2. The lowest BCUT2D eigenvalue weighted by Crippen LogP contribution is -2.24. The van der Waals surface area contributed by atoms with Gasteiger partial charge in [0, 0.05) is 22.4 Å². The van der Waals surface area contributed by atoms with E-state index in [1.54, 1.807) is 23.8 Å². The van der Waals surface area contributed by atoms with Gasteiger partial charge in [0.15, 0.2) is 0 Å². The van der Waals surface area contributed by atoms with Crippen molar-refractivity contribution in [3.63, 3.8) is 0 Å². The Hall–Kier alpha value is -2.12. The molecule has 0 aliphatic heterocycles. The minimum Gasteiger partial charge on any atom is -0.444 e. The number of hydrogen-bond acceptors (Lipinski definition) is 6. The number of benzene rings is 1. The van der Waals surface area contributed by atoms with Crippen molar-refractivity contribution in [2.75, 3.05) is 5.75 Å². The molecule has 0 saturated carbocycles. The third-order valence-electron chi connectivity index (χ3n) is 3.18. The maximum Gasteiger partial charge on any atom is 0.230 e. The van der Waals surface area contributed by atoms with Crippen LogP contribution in [0.4, 0.5) is 0 Å². The van der Waals surface area contributed by atoms with Gasteiger partial charge in [-0.05, 0) is 19.1 Å². The molecule has 1 aromatic carbocycles. The number of aryl methyl sites for hydroxylation is 1. The molecule has 0 spiro atoms. The van der Waals surface area contributed by atoms with Crippen molar-refractivity contribution in [1.29, 1.82) is 0 Å². The molecule has 0 atom stereocenters. The predicted octanol–water partition coefficient (Wildman–Crippen LogP) is 3.66. The van der Waals surface area contributed by atoms with Gasteiger partial charge < -0.3 is 9.73 Å². The summed E-state index contributed by atoms with van der Waals surface area (Å²) in [6, 6.07) is 9.76. The van der Waals surface area contributed by atoms with Crippen molar-refractivity contribution in [3.05, 3.63) is 58.4 Å². The van der Waals surface area contributed by atoms with Crippen LogP contribution in [0.5, 0.6) is 0 Å². The first-order valence-electron chi connectivity index (χ1n) is 7.46. The van der Waals surface area contributed by atoms with Crippen LogP contribution in [0.1, 0.15) is 15.6 Å². The van der Waals surface area contributed by atoms with Crippen molar-refractivity contribution in [1.82, 2.24) is 15.3 Å². The fourth-order valence-corrected chi connectivity index (χ4v) is 3.52. The van der Waals surface area contributed by atoms with Gasteiger partial charge in [-0.3, -0.25) is 4.79 Å². The quantitative estimate of drug-likeness (QED) is 0.697. The van der Waals surface area contributed by atoms with Gasteiger partial charge in [-0.1, -0.05) is 18.2 Å². The third kappa shape index (κ3) is 4.69. The molecule has 2 heterocycles. The van der Waals surface area contributed by atoms with Gasteiger partial charge in [0.25, 0.3) is 0 Å². The number of thioether (sulfide) groups is 1. The zero-order valence-electron chi connectivity index (χ0n) is 13.2. The molecule has 0 saturated heterocycles. The van der Waals surface area contributed by atoms with Crippen molar-refractivity contribution in [2.24, 2.45) is 0 Å². The van der Waals surface area contributed by atoms with E-state index in [0.717, 1.165) is 21.1 Å². The molecule has 0 aliphatic carbocycles. The van der Waals surface area contributed by atoms with Crippen molar-refractivity contribution in [3.8, 4) is 11.5 Å². The molecule has 0 bridgehead atoms. The molecule has 24 heavy (non-hydrogen) atoms. The second-order valence-electron chi connectivity index (χ2n) is 5.13. The summed E-state index contributed by atoms with van der Waals surface area (Å²) in [5, 5.41) is 3.90. The van der Waals surface area contributed by atoms with Crippen LogP contribution in [0.3, 0.4) is 0 Å². The Morgan fingerprint density at radius 3 is 2.92 bits per heavy atom. The highest BCUT2D eigenvalue weighted by Gasteiger charge is 2.08. The second kappa shape index (κ2) is 8.12. The van der Waals surface area contributed by atoms with Crippen LogP contribution < -0.4 is 5.32 Å². The first-order valence-corrected chi connectivity index (χ1v) is 9.43. The van der Waals surface area contributed by atoms with E-state index in [2.05, 4.69) is 15.3 Å². The second-order valence-corrected chi connectivity index (χ2v) is 7.43. The van der Waals surface area contributed by atoms with Gasteiger partial charge in [-0.2, -0.15) is 0 Å². The highest BCUT2D eigenvalue weighted by Crippen LogP contribution is 2.20. The Morgan fingerprint density at radius 2 is 2.17 bits per heavy atom. The average molecular weight is 359 g/mol. The van der Waals surface area contributed by atoms with Crippen LogP contribution in [0, 0.1) is 6.92 Å². The number of carbonyl (C=O) groups is 1. The van der Waals surface area contributed by atoms with Crippen LogP contribution in [0.15, 0.2) is 47.2 Å². The maximum atomic E-state index is 11.8. The number of amides is 1. The van der Waals surface area contributed by atoms with Gasteiger partial charge in [0.05, 0.1) is 23.0 Å². The lowest BCUT2D eigenvalue weighted by molar-refractivity contribution is -0.118. The molecule has 3 rings (SSSR count). The summed E-state index contributed by atoms with van der Waals surface area (Å²) >= 11 is 3.11. The van der Waals surface area contributed by atoms with E-state index in [4.69, 9.17) is 4.42 Å². The number of nitrogens with one attached hydrogen (secondary N) is 1. The van der Waals surface area contributed by atoms with Crippen LogP contribution in [0.25, 0.3) is 11.5 Å². The summed E-state index contributed by atoms with van der Waals surface area (Å²) < 4.78 is 5.49. The van der Waals surface area contributed by atoms with Gasteiger partial charge in [-0.25, -0.2) is 9.97 Å². The van der Waals surface area contributed by atoms with E-state index in [1.807, 2.05) is 37.3 Å². The fraction of sp³-hybridized carbons (Fsp3) is 0.235. The highest BCUT2D eigenvalue weighted by molar-refractivity contribution is 7.99. The number of oxazole rings is 1. The lowest BCUT2D eigenvalue weighted by Gasteiger charge is -2.02. The largest absolute Gasteiger partial charge is 0.444 e. The molecule has 0 aliphatic rings. The first kappa shape index (κ1) is 16.7. The van der Waals surface area contributed by atoms with Crippen LogP contribution in [0.2, 0.25) is 0 Å². The van der Waals surface area contributed by atoms with Gasteiger partial charge in [0.2, 0.25) is 11.8 Å². The monoisotopic (exact) mass is 359 g/mol. The molecule has 2 aromatic heterocycles. The van der Waals surface area contributed by atoms with Crippen LogP contribution in [-0.2, 0) is 17.1 Å². The zero-order chi connectivity index (χ0) is 16.8. The van der Waals surface area contributed by atoms with Gasteiger partial charge in [0.1, 0.15) is 6.26 Å². The van der Waals surface area contributed by atoms with E-state index in [1.165, 1.54) is 11.8 Å². The molecular weight excluding hydrogens is 342 g/mol. The van der Waals surface area contributed by atoms with Crippen LogP contribution >= 0.6 is 23.1 Å². The number of thiazole rings is 1. The molecule has 3 aromatic rings. The summed E-state index contributed by atoms with van der Waals surface area (Å²) in [6.07, 6.45) is 3.45. The van der Waals surface area contributed by atoms with Gasteiger partial charge in [-0.15, -0.1) is 23.1 Å².